The van der Waals surface area contributed by atoms with Crippen molar-refractivity contribution in [2.24, 2.45) is 0 Å². The van der Waals surface area contributed by atoms with Gasteiger partial charge in [0.1, 0.15) is 11.6 Å². The lowest BCUT2D eigenvalue weighted by molar-refractivity contribution is -0.117. The van der Waals surface area contributed by atoms with Gasteiger partial charge >= 0.3 is 0 Å². The lowest BCUT2D eigenvalue weighted by Crippen LogP contribution is -2.36. The summed E-state index contributed by atoms with van der Waals surface area (Å²) in [4.78, 5) is 12.4. The summed E-state index contributed by atoms with van der Waals surface area (Å²) in [5, 5.41) is 12.3. The van der Waals surface area contributed by atoms with Crippen LogP contribution in [0.3, 0.4) is 0 Å². The molecule has 1 aromatic rings. The Morgan fingerprint density at radius 2 is 2.08 bits per heavy atom. The van der Waals surface area contributed by atoms with Gasteiger partial charge in [-0.1, -0.05) is 32.3 Å². The van der Waals surface area contributed by atoms with Crippen molar-refractivity contribution >= 4 is 12.0 Å². The van der Waals surface area contributed by atoms with Gasteiger partial charge in [0, 0.05) is 6.04 Å². The Labute approximate surface area is 149 Å². The molecular formula is C20H26N2O3. The molecule has 1 saturated carbocycles. The summed E-state index contributed by atoms with van der Waals surface area (Å²) in [6.45, 7) is 2.61. The Bertz CT molecular complexity index is 655. The highest BCUT2D eigenvalue weighted by Gasteiger charge is 2.18. The number of hydrogen-bond donors (Lipinski definition) is 1. The molecule has 0 aliphatic heterocycles. The van der Waals surface area contributed by atoms with Crippen LogP contribution in [0.1, 0.15) is 51.0 Å². The first kappa shape index (κ1) is 18.9. The fraction of sp³-hybridized carbons (Fsp3) is 0.500. The van der Waals surface area contributed by atoms with E-state index in [9.17, 15) is 10.1 Å². The molecule has 25 heavy (non-hydrogen) atoms. The summed E-state index contributed by atoms with van der Waals surface area (Å²) in [6.07, 6.45) is 7.94. The van der Waals surface area contributed by atoms with E-state index in [0.29, 0.717) is 18.1 Å². The minimum absolute atomic E-state index is 0.109. The van der Waals surface area contributed by atoms with Crippen LogP contribution < -0.4 is 14.8 Å². The molecule has 0 spiro atoms. The number of carbonyl (C=O) groups is 1. The lowest BCUT2D eigenvalue weighted by atomic mass is 9.95. The Morgan fingerprint density at radius 3 is 2.72 bits per heavy atom. The number of hydrogen-bond acceptors (Lipinski definition) is 4. The maximum absolute atomic E-state index is 12.4. The van der Waals surface area contributed by atoms with Gasteiger partial charge in [-0.15, -0.1) is 0 Å². The highest BCUT2D eigenvalue weighted by molar-refractivity contribution is 6.01. The third kappa shape index (κ3) is 5.53. The van der Waals surface area contributed by atoms with Gasteiger partial charge in [0.05, 0.1) is 13.7 Å². The molecule has 1 N–H and O–H groups in total. The number of rotatable bonds is 7. The van der Waals surface area contributed by atoms with Gasteiger partial charge in [0.2, 0.25) is 0 Å². The predicted molar refractivity (Wildman–Crippen MR) is 97.4 cm³/mol. The van der Waals surface area contributed by atoms with Crippen molar-refractivity contribution in [3.8, 4) is 17.6 Å². The number of ether oxygens (including phenoxy) is 2. The molecule has 1 amide bonds. The summed E-state index contributed by atoms with van der Waals surface area (Å²) in [7, 11) is 1.59. The van der Waals surface area contributed by atoms with Gasteiger partial charge in [0.25, 0.3) is 5.91 Å². The van der Waals surface area contributed by atoms with Gasteiger partial charge < -0.3 is 14.8 Å². The third-order valence-electron chi connectivity index (χ3n) is 4.27. The van der Waals surface area contributed by atoms with Crippen LogP contribution >= 0.6 is 0 Å². The topological polar surface area (TPSA) is 71.3 Å². The molecule has 5 heteroatoms. The quantitative estimate of drug-likeness (QED) is 0.604. The Kier molecular flexibility index (Phi) is 7.34. The van der Waals surface area contributed by atoms with Crippen LogP contribution in [-0.4, -0.2) is 25.7 Å². The van der Waals surface area contributed by atoms with Crippen molar-refractivity contribution in [3.05, 3.63) is 29.3 Å². The molecule has 0 bridgehead atoms. The molecule has 1 aliphatic rings. The second kappa shape index (κ2) is 9.73. The maximum Gasteiger partial charge on any atom is 0.262 e. The van der Waals surface area contributed by atoms with Crippen molar-refractivity contribution in [1.82, 2.24) is 5.32 Å². The summed E-state index contributed by atoms with van der Waals surface area (Å²) >= 11 is 0. The molecule has 0 aromatic heterocycles. The molecular weight excluding hydrogens is 316 g/mol. The summed E-state index contributed by atoms with van der Waals surface area (Å²) in [5.41, 5.74) is 0.847. The summed E-state index contributed by atoms with van der Waals surface area (Å²) in [5.74, 6) is 0.945. The zero-order valence-electron chi connectivity index (χ0n) is 15.0. The van der Waals surface area contributed by atoms with Crippen molar-refractivity contribution < 1.29 is 14.3 Å². The first-order valence-electron chi connectivity index (χ1n) is 8.91. The summed E-state index contributed by atoms with van der Waals surface area (Å²) < 4.78 is 11.0. The molecule has 0 saturated heterocycles. The second-order valence-corrected chi connectivity index (χ2v) is 6.24. The second-order valence-electron chi connectivity index (χ2n) is 6.24. The highest BCUT2D eigenvalue weighted by Crippen LogP contribution is 2.29. The largest absolute Gasteiger partial charge is 0.493 e. The van der Waals surface area contributed by atoms with E-state index in [1.54, 1.807) is 25.3 Å². The monoisotopic (exact) mass is 342 g/mol. The van der Waals surface area contributed by atoms with E-state index in [-0.39, 0.29) is 17.5 Å². The Morgan fingerprint density at radius 1 is 1.32 bits per heavy atom. The average Bonchev–Trinajstić information content (AvgIpc) is 2.65. The first-order chi connectivity index (χ1) is 12.2. The van der Waals surface area contributed by atoms with E-state index in [1.165, 1.54) is 6.42 Å². The average molecular weight is 342 g/mol. The normalized spacial score (nSPS) is 15.3. The number of nitrogens with zero attached hydrogens (tertiary/aromatic N) is 1. The number of benzene rings is 1. The molecule has 0 unspecified atom stereocenters. The van der Waals surface area contributed by atoms with Gasteiger partial charge in [0.15, 0.2) is 11.5 Å². The van der Waals surface area contributed by atoms with Crippen LogP contribution in [-0.2, 0) is 4.79 Å². The van der Waals surface area contributed by atoms with Crippen molar-refractivity contribution in [2.75, 3.05) is 13.7 Å². The lowest BCUT2D eigenvalue weighted by Gasteiger charge is -2.22. The standard InChI is InChI=1S/C20H26N2O3/c1-3-11-25-19-13-15(9-10-18(19)24-2)12-16(14-21)20(23)22-17-7-5-4-6-8-17/h9-10,12-13,17H,3-8,11H2,1-2H3,(H,22,23)/b16-12+. The summed E-state index contributed by atoms with van der Waals surface area (Å²) in [6, 6.07) is 7.57. The van der Waals surface area contributed by atoms with Crippen LogP contribution in [0.25, 0.3) is 6.08 Å². The Balaban J connectivity index is 2.14. The molecule has 0 radical (unpaired) electrons. The van der Waals surface area contributed by atoms with E-state index in [2.05, 4.69) is 5.32 Å². The fourth-order valence-corrected chi connectivity index (χ4v) is 2.93. The van der Waals surface area contributed by atoms with E-state index in [4.69, 9.17) is 9.47 Å². The minimum Gasteiger partial charge on any atom is -0.493 e. The van der Waals surface area contributed by atoms with Gasteiger partial charge in [-0.25, -0.2) is 0 Å². The number of amides is 1. The zero-order valence-corrected chi connectivity index (χ0v) is 15.0. The maximum atomic E-state index is 12.4. The van der Waals surface area contributed by atoms with E-state index < -0.39 is 0 Å². The molecule has 0 atom stereocenters. The number of nitriles is 1. The molecule has 1 aromatic carbocycles. The number of methoxy groups -OCH3 is 1. The molecule has 1 fully saturated rings. The number of carbonyl (C=O) groups excluding carboxylic acids is 1. The van der Waals surface area contributed by atoms with Crippen LogP contribution in [0.2, 0.25) is 0 Å². The zero-order chi connectivity index (χ0) is 18.1. The predicted octanol–water partition coefficient (Wildman–Crippen LogP) is 3.84. The minimum atomic E-state index is -0.304. The SMILES string of the molecule is CCCOc1cc(/C=C(\C#N)C(=O)NC2CCCCC2)ccc1OC. The molecule has 134 valence electrons. The van der Waals surface area contributed by atoms with E-state index >= 15 is 0 Å². The van der Waals surface area contributed by atoms with Crippen molar-refractivity contribution in [3.63, 3.8) is 0 Å². The van der Waals surface area contributed by atoms with Gasteiger partial charge in [-0.3, -0.25) is 4.79 Å². The Hall–Kier alpha value is -2.48. The van der Waals surface area contributed by atoms with E-state index in [0.717, 1.165) is 37.7 Å². The smallest absolute Gasteiger partial charge is 0.262 e. The van der Waals surface area contributed by atoms with Crippen LogP contribution in [0.15, 0.2) is 23.8 Å². The van der Waals surface area contributed by atoms with Crippen molar-refractivity contribution in [2.45, 2.75) is 51.5 Å². The first-order valence-corrected chi connectivity index (χ1v) is 8.91. The van der Waals surface area contributed by atoms with E-state index in [1.807, 2.05) is 19.1 Å². The molecule has 2 rings (SSSR count). The highest BCUT2D eigenvalue weighted by atomic mass is 16.5. The fourth-order valence-electron chi connectivity index (χ4n) is 2.93. The van der Waals surface area contributed by atoms with Crippen LogP contribution in [0, 0.1) is 11.3 Å². The van der Waals surface area contributed by atoms with Crippen LogP contribution in [0.5, 0.6) is 11.5 Å². The van der Waals surface area contributed by atoms with Crippen LogP contribution in [0.4, 0.5) is 0 Å². The molecule has 0 heterocycles. The molecule has 1 aliphatic carbocycles. The third-order valence-corrected chi connectivity index (χ3v) is 4.27. The molecule has 5 nitrogen and oxygen atoms in total. The van der Waals surface area contributed by atoms with Gasteiger partial charge in [-0.2, -0.15) is 5.26 Å². The van der Waals surface area contributed by atoms with Crippen molar-refractivity contribution in [1.29, 1.82) is 5.26 Å². The van der Waals surface area contributed by atoms with Gasteiger partial charge in [-0.05, 0) is 43.0 Å². The number of nitrogens with one attached hydrogen (secondary N) is 1.